The standard InChI is InChI=1S/C26H36N6O3/c1-30(2)26(20-7-4-3-5-8-20)13-11-25(12-14-26)19-31(16-22(34)29-15-21(28)33)23(35)32(25)18-24(17-27)9-6-10-24/h3-5,7-8H,6,9-16,18-19H2,1-2H3,(H2,28,33)(H,29,34)/t25-,26-. The highest BCUT2D eigenvalue weighted by Gasteiger charge is 2.56. The molecule has 3 N–H and O–H groups in total. The van der Waals surface area contributed by atoms with Crippen LogP contribution in [0.4, 0.5) is 4.79 Å². The molecule has 35 heavy (non-hydrogen) atoms. The van der Waals surface area contributed by atoms with E-state index in [2.05, 4.69) is 54.6 Å². The molecule has 3 aliphatic rings. The topological polar surface area (TPSA) is 123 Å². The van der Waals surface area contributed by atoms with E-state index in [0.29, 0.717) is 13.1 Å². The molecule has 1 aromatic rings. The lowest BCUT2D eigenvalue weighted by Crippen LogP contribution is -2.57. The van der Waals surface area contributed by atoms with Gasteiger partial charge in [0.1, 0.15) is 6.54 Å². The van der Waals surface area contributed by atoms with E-state index in [1.54, 1.807) is 4.90 Å². The van der Waals surface area contributed by atoms with Gasteiger partial charge in [-0.1, -0.05) is 36.8 Å². The summed E-state index contributed by atoms with van der Waals surface area (Å²) in [5.74, 6) is -1.03. The Bertz CT molecular complexity index is 1010. The molecule has 4 amide bonds. The van der Waals surface area contributed by atoms with E-state index in [4.69, 9.17) is 5.73 Å². The van der Waals surface area contributed by atoms with Crippen LogP contribution in [0.5, 0.6) is 0 Å². The zero-order valence-corrected chi connectivity index (χ0v) is 20.8. The summed E-state index contributed by atoms with van der Waals surface area (Å²) in [5, 5.41) is 12.4. The van der Waals surface area contributed by atoms with Crippen LogP contribution in [0.3, 0.4) is 0 Å². The lowest BCUT2D eigenvalue weighted by Gasteiger charge is -2.52. The summed E-state index contributed by atoms with van der Waals surface area (Å²) in [6, 6.07) is 12.8. The second-order valence-electron chi connectivity index (χ2n) is 10.7. The SMILES string of the molecule is CN(C)[C@]1(c2ccccc2)CC[C@@]2(CC1)CN(CC(=O)NCC(N)=O)C(=O)N2CC1(C#N)CCC1. The summed E-state index contributed by atoms with van der Waals surface area (Å²) in [7, 11) is 4.22. The van der Waals surface area contributed by atoms with Crippen LogP contribution in [-0.2, 0) is 15.1 Å². The van der Waals surface area contributed by atoms with E-state index in [9.17, 15) is 19.6 Å². The van der Waals surface area contributed by atoms with Gasteiger partial charge in [0, 0.05) is 18.6 Å². The van der Waals surface area contributed by atoms with Crippen LogP contribution in [0.2, 0.25) is 0 Å². The summed E-state index contributed by atoms with van der Waals surface area (Å²) in [6.07, 6.45) is 5.91. The molecule has 1 aliphatic heterocycles. The highest BCUT2D eigenvalue weighted by Crippen LogP contribution is 2.51. The number of hydrogen-bond acceptors (Lipinski definition) is 5. The Balaban J connectivity index is 1.58. The third-order valence-electron chi connectivity index (χ3n) is 8.54. The van der Waals surface area contributed by atoms with Crippen LogP contribution in [0.1, 0.15) is 50.5 Å². The van der Waals surface area contributed by atoms with E-state index in [1.165, 1.54) is 5.56 Å². The number of benzene rings is 1. The molecule has 0 radical (unpaired) electrons. The predicted molar refractivity (Wildman–Crippen MR) is 131 cm³/mol. The first-order valence-electron chi connectivity index (χ1n) is 12.4. The van der Waals surface area contributed by atoms with Crippen molar-refractivity contribution in [3.05, 3.63) is 35.9 Å². The monoisotopic (exact) mass is 480 g/mol. The third-order valence-corrected chi connectivity index (χ3v) is 8.54. The Morgan fingerprint density at radius 3 is 2.29 bits per heavy atom. The first-order valence-corrected chi connectivity index (χ1v) is 12.4. The zero-order valence-electron chi connectivity index (χ0n) is 20.8. The van der Waals surface area contributed by atoms with Crippen molar-refractivity contribution in [1.29, 1.82) is 5.26 Å². The Hall–Kier alpha value is -3.12. The number of hydrogen-bond donors (Lipinski definition) is 2. The summed E-state index contributed by atoms with van der Waals surface area (Å²) in [5.41, 5.74) is 5.36. The van der Waals surface area contributed by atoms with E-state index in [-0.39, 0.29) is 24.7 Å². The molecule has 1 aromatic carbocycles. The minimum Gasteiger partial charge on any atom is -0.368 e. The molecule has 0 bridgehead atoms. The van der Waals surface area contributed by atoms with Gasteiger partial charge < -0.3 is 20.9 Å². The van der Waals surface area contributed by atoms with E-state index in [1.807, 2.05) is 11.0 Å². The Morgan fingerprint density at radius 2 is 1.77 bits per heavy atom. The van der Waals surface area contributed by atoms with Crippen molar-refractivity contribution in [3.8, 4) is 6.07 Å². The summed E-state index contributed by atoms with van der Waals surface area (Å²) >= 11 is 0. The summed E-state index contributed by atoms with van der Waals surface area (Å²) in [4.78, 5) is 42.8. The number of carbonyl (C=O) groups is 3. The van der Waals surface area contributed by atoms with Crippen molar-refractivity contribution in [2.24, 2.45) is 11.1 Å². The quantitative estimate of drug-likeness (QED) is 0.587. The molecule has 188 valence electrons. The summed E-state index contributed by atoms with van der Waals surface area (Å²) < 4.78 is 0. The minimum atomic E-state index is -0.627. The number of amides is 4. The number of nitrogens with two attached hydrogens (primary N) is 1. The number of nitriles is 1. The fourth-order valence-corrected chi connectivity index (χ4v) is 6.17. The zero-order chi connectivity index (χ0) is 25.3. The highest BCUT2D eigenvalue weighted by atomic mass is 16.2. The van der Waals surface area contributed by atoms with E-state index < -0.39 is 22.8 Å². The first kappa shape index (κ1) is 25.0. The molecule has 0 atom stereocenters. The van der Waals surface area contributed by atoms with Gasteiger partial charge in [-0.3, -0.25) is 14.5 Å². The second-order valence-corrected chi connectivity index (χ2v) is 10.7. The van der Waals surface area contributed by atoms with Gasteiger partial charge in [-0.2, -0.15) is 5.26 Å². The molecule has 9 nitrogen and oxygen atoms in total. The minimum absolute atomic E-state index is 0.124. The van der Waals surface area contributed by atoms with Gasteiger partial charge in [0.15, 0.2) is 0 Å². The number of carbonyl (C=O) groups excluding carboxylic acids is 3. The van der Waals surface area contributed by atoms with Crippen molar-refractivity contribution >= 4 is 17.8 Å². The lowest BCUT2D eigenvalue weighted by molar-refractivity contribution is -0.125. The lowest BCUT2D eigenvalue weighted by atomic mass is 9.66. The van der Waals surface area contributed by atoms with Crippen LogP contribution in [-0.4, -0.2) is 78.4 Å². The second kappa shape index (κ2) is 9.50. The van der Waals surface area contributed by atoms with Crippen molar-refractivity contribution in [2.45, 2.75) is 56.0 Å². The number of primary amides is 1. The number of nitrogens with one attached hydrogen (secondary N) is 1. The maximum absolute atomic E-state index is 13.6. The first-order chi connectivity index (χ1) is 16.7. The fourth-order valence-electron chi connectivity index (χ4n) is 6.17. The number of nitrogens with zero attached hydrogens (tertiary/aromatic N) is 4. The average Bonchev–Trinajstić information content (AvgIpc) is 3.06. The van der Waals surface area contributed by atoms with Crippen LogP contribution < -0.4 is 11.1 Å². The van der Waals surface area contributed by atoms with Crippen LogP contribution in [0, 0.1) is 16.7 Å². The highest BCUT2D eigenvalue weighted by molar-refractivity contribution is 5.88. The molecule has 1 heterocycles. The van der Waals surface area contributed by atoms with Gasteiger partial charge >= 0.3 is 6.03 Å². The molecule has 3 fully saturated rings. The molecular formula is C26H36N6O3. The molecule has 0 aromatic heterocycles. The molecule has 1 saturated heterocycles. The van der Waals surface area contributed by atoms with Crippen LogP contribution in [0.25, 0.3) is 0 Å². The maximum atomic E-state index is 13.6. The molecule has 9 heteroatoms. The van der Waals surface area contributed by atoms with Crippen LogP contribution >= 0.6 is 0 Å². The third kappa shape index (κ3) is 4.59. The molecule has 0 unspecified atom stereocenters. The largest absolute Gasteiger partial charge is 0.368 e. The van der Waals surface area contributed by atoms with Gasteiger partial charge in [-0.25, -0.2) is 4.79 Å². The number of rotatable bonds is 8. The smallest absolute Gasteiger partial charge is 0.321 e. The van der Waals surface area contributed by atoms with Gasteiger partial charge in [0.2, 0.25) is 11.8 Å². The molecule has 2 saturated carbocycles. The molecule has 1 spiro atoms. The van der Waals surface area contributed by atoms with Gasteiger partial charge in [0.05, 0.1) is 23.6 Å². The Morgan fingerprint density at radius 1 is 1.11 bits per heavy atom. The average molecular weight is 481 g/mol. The van der Waals surface area contributed by atoms with Gasteiger partial charge in [-0.05, 0) is 58.2 Å². The van der Waals surface area contributed by atoms with Crippen molar-refractivity contribution < 1.29 is 14.4 Å². The molecule has 4 rings (SSSR count). The summed E-state index contributed by atoms with van der Waals surface area (Å²) in [6.45, 7) is 0.467. The van der Waals surface area contributed by atoms with E-state index in [0.717, 1.165) is 44.9 Å². The Kier molecular flexibility index (Phi) is 6.78. The van der Waals surface area contributed by atoms with Crippen LogP contribution in [0.15, 0.2) is 30.3 Å². The number of urea groups is 1. The van der Waals surface area contributed by atoms with Crippen molar-refractivity contribution in [1.82, 2.24) is 20.0 Å². The van der Waals surface area contributed by atoms with Crippen molar-refractivity contribution in [2.75, 3.05) is 40.3 Å². The van der Waals surface area contributed by atoms with Crippen molar-refractivity contribution in [3.63, 3.8) is 0 Å². The predicted octanol–water partition coefficient (Wildman–Crippen LogP) is 1.79. The molecule has 2 aliphatic carbocycles. The normalized spacial score (nSPS) is 27.5. The molecular weight excluding hydrogens is 444 g/mol. The van der Waals surface area contributed by atoms with Gasteiger partial charge in [-0.15, -0.1) is 0 Å². The Labute approximate surface area is 207 Å². The fraction of sp³-hybridized carbons (Fsp3) is 0.615. The maximum Gasteiger partial charge on any atom is 0.321 e. The van der Waals surface area contributed by atoms with Gasteiger partial charge in [0.25, 0.3) is 0 Å². The van der Waals surface area contributed by atoms with E-state index >= 15 is 0 Å².